The summed E-state index contributed by atoms with van der Waals surface area (Å²) in [5, 5.41) is 0. The third-order valence-electron chi connectivity index (χ3n) is 3.09. The molecule has 0 atom stereocenters. The van der Waals surface area contributed by atoms with E-state index in [9.17, 15) is 4.79 Å². The molecule has 18 heavy (non-hydrogen) atoms. The fourth-order valence-electron chi connectivity index (χ4n) is 2.24. The van der Waals surface area contributed by atoms with Crippen molar-refractivity contribution in [2.45, 2.75) is 6.54 Å². The van der Waals surface area contributed by atoms with E-state index in [0.717, 1.165) is 15.7 Å². The quantitative estimate of drug-likeness (QED) is 0.822. The third-order valence-corrected chi connectivity index (χ3v) is 3.58. The molecule has 2 aromatic carbocycles. The number of nitrogens with zero attached hydrogens (tertiary/aromatic N) is 1. The molecule has 1 aliphatic rings. The normalized spacial score (nSPS) is 13.8. The summed E-state index contributed by atoms with van der Waals surface area (Å²) in [4.78, 5) is 14.1. The lowest BCUT2D eigenvalue weighted by molar-refractivity contribution is 0.0997. The van der Waals surface area contributed by atoms with Crippen LogP contribution in [0.4, 0.5) is 11.4 Å². The minimum Gasteiger partial charge on any atom is -0.398 e. The van der Waals surface area contributed by atoms with E-state index in [1.165, 1.54) is 0 Å². The molecule has 3 nitrogen and oxygen atoms in total. The molecule has 0 aliphatic carbocycles. The molecule has 0 aromatic heterocycles. The topological polar surface area (TPSA) is 46.3 Å². The van der Waals surface area contributed by atoms with E-state index in [1.807, 2.05) is 36.4 Å². The molecule has 0 radical (unpaired) electrons. The highest BCUT2D eigenvalue weighted by atomic mass is 79.9. The van der Waals surface area contributed by atoms with Crippen LogP contribution in [-0.4, -0.2) is 5.91 Å². The molecule has 2 aromatic rings. The van der Waals surface area contributed by atoms with Crippen LogP contribution < -0.4 is 10.6 Å². The Morgan fingerprint density at radius 1 is 1.17 bits per heavy atom. The number of carbonyl (C=O) groups excluding carboxylic acids is 1. The van der Waals surface area contributed by atoms with Crippen LogP contribution in [0.15, 0.2) is 46.9 Å². The maximum absolute atomic E-state index is 12.4. The highest BCUT2D eigenvalue weighted by Gasteiger charge is 2.30. The molecule has 0 spiro atoms. The zero-order chi connectivity index (χ0) is 12.7. The molecule has 0 fully saturated rings. The van der Waals surface area contributed by atoms with E-state index in [0.29, 0.717) is 17.8 Å². The van der Waals surface area contributed by atoms with Crippen molar-refractivity contribution in [1.82, 2.24) is 0 Å². The number of nitrogens with two attached hydrogens (primary N) is 1. The van der Waals surface area contributed by atoms with Gasteiger partial charge in [-0.2, -0.15) is 0 Å². The van der Waals surface area contributed by atoms with Crippen molar-refractivity contribution in [2.24, 2.45) is 0 Å². The van der Waals surface area contributed by atoms with Gasteiger partial charge in [0.05, 0.1) is 12.1 Å². The van der Waals surface area contributed by atoms with E-state index >= 15 is 0 Å². The number of carbonyl (C=O) groups is 1. The Balaban J connectivity index is 2.05. The van der Waals surface area contributed by atoms with E-state index < -0.39 is 0 Å². The van der Waals surface area contributed by atoms with Gasteiger partial charge >= 0.3 is 0 Å². The van der Waals surface area contributed by atoms with Gasteiger partial charge in [-0.1, -0.05) is 34.1 Å². The first kappa shape index (κ1) is 11.3. The lowest BCUT2D eigenvalue weighted by Crippen LogP contribution is -2.23. The molecule has 3 rings (SSSR count). The predicted octanol–water partition coefficient (Wildman–Crippen LogP) is 3.19. The van der Waals surface area contributed by atoms with Gasteiger partial charge in [-0.05, 0) is 29.8 Å². The summed E-state index contributed by atoms with van der Waals surface area (Å²) >= 11 is 3.42. The van der Waals surface area contributed by atoms with Gasteiger partial charge in [-0.15, -0.1) is 0 Å². The van der Waals surface area contributed by atoms with E-state index in [1.54, 1.807) is 11.0 Å². The summed E-state index contributed by atoms with van der Waals surface area (Å²) in [6, 6.07) is 13.3. The van der Waals surface area contributed by atoms with Gasteiger partial charge < -0.3 is 10.6 Å². The first-order valence-electron chi connectivity index (χ1n) is 5.61. The summed E-state index contributed by atoms with van der Waals surface area (Å²) in [6.45, 7) is 0.579. The Bertz CT molecular complexity index is 639. The number of hydrogen-bond acceptors (Lipinski definition) is 2. The number of anilines is 2. The van der Waals surface area contributed by atoms with Gasteiger partial charge in [0.1, 0.15) is 0 Å². The van der Waals surface area contributed by atoms with Crippen LogP contribution in [0.2, 0.25) is 0 Å². The van der Waals surface area contributed by atoms with Crippen molar-refractivity contribution in [1.29, 1.82) is 0 Å². The Hall–Kier alpha value is -1.81. The van der Waals surface area contributed by atoms with Crippen LogP contribution in [0.3, 0.4) is 0 Å². The highest BCUT2D eigenvalue weighted by molar-refractivity contribution is 9.10. The maximum Gasteiger partial charge on any atom is 0.261 e. The number of halogens is 1. The summed E-state index contributed by atoms with van der Waals surface area (Å²) < 4.78 is 0.955. The lowest BCUT2D eigenvalue weighted by atomic mass is 10.1. The second-order valence-corrected chi connectivity index (χ2v) is 5.17. The number of amides is 1. The molecular weight excluding hydrogens is 292 g/mol. The minimum atomic E-state index is -0.0267. The van der Waals surface area contributed by atoms with Crippen molar-refractivity contribution in [3.8, 4) is 0 Å². The monoisotopic (exact) mass is 302 g/mol. The third kappa shape index (κ3) is 1.69. The number of hydrogen-bond donors (Lipinski definition) is 1. The number of rotatable bonds is 1. The van der Waals surface area contributed by atoms with Crippen molar-refractivity contribution < 1.29 is 4.79 Å². The first-order chi connectivity index (χ1) is 8.66. The molecule has 90 valence electrons. The Kier molecular flexibility index (Phi) is 2.59. The van der Waals surface area contributed by atoms with Crippen molar-refractivity contribution in [3.05, 3.63) is 58.1 Å². The molecule has 0 bridgehead atoms. The van der Waals surface area contributed by atoms with Gasteiger partial charge in [0.15, 0.2) is 0 Å². The summed E-state index contributed by atoms with van der Waals surface area (Å²) in [5.41, 5.74) is 8.93. The van der Waals surface area contributed by atoms with Gasteiger partial charge in [-0.3, -0.25) is 4.79 Å². The molecule has 4 heteroatoms. The molecule has 2 N–H and O–H groups in total. The Morgan fingerprint density at radius 2 is 1.94 bits per heavy atom. The zero-order valence-corrected chi connectivity index (χ0v) is 11.1. The molecular formula is C14H11BrN2O. The predicted molar refractivity (Wildman–Crippen MR) is 75.5 cm³/mol. The number of nitrogen functional groups attached to an aromatic ring is 1. The van der Waals surface area contributed by atoms with Crippen LogP contribution in [0, 0.1) is 0 Å². The Morgan fingerprint density at radius 3 is 2.67 bits per heavy atom. The van der Waals surface area contributed by atoms with Crippen LogP contribution in [0.5, 0.6) is 0 Å². The van der Waals surface area contributed by atoms with Crippen LogP contribution in [-0.2, 0) is 6.54 Å². The molecule has 0 saturated heterocycles. The van der Waals surface area contributed by atoms with Gasteiger partial charge in [0.2, 0.25) is 0 Å². The van der Waals surface area contributed by atoms with E-state index in [-0.39, 0.29) is 5.91 Å². The summed E-state index contributed by atoms with van der Waals surface area (Å²) in [5.74, 6) is -0.0267. The first-order valence-corrected chi connectivity index (χ1v) is 6.41. The SMILES string of the molecule is Nc1cccc2c1C(=O)N(c1cccc(Br)c1)C2. The van der Waals surface area contributed by atoms with Crippen LogP contribution >= 0.6 is 15.9 Å². The smallest absolute Gasteiger partial charge is 0.261 e. The van der Waals surface area contributed by atoms with E-state index in [4.69, 9.17) is 5.73 Å². The van der Waals surface area contributed by atoms with Crippen LogP contribution in [0.1, 0.15) is 15.9 Å². The lowest BCUT2D eigenvalue weighted by Gasteiger charge is -2.15. The molecule has 0 unspecified atom stereocenters. The molecule has 1 heterocycles. The summed E-state index contributed by atoms with van der Waals surface area (Å²) in [7, 11) is 0. The van der Waals surface area contributed by atoms with E-state index in [2.05, 4.69) is 15.9 Å². The van der Waals surface area contributed by atoms with Gasteiger partial charge in [-0.25, -0.2) is 0 Å². The van der Waals surface area contributed by atoms with Crippen molar-refractivity contribution in [2.75, 3.05) is 10.6 Å². The molecule has 1 aliphatic heterocycles. The van der Waals surface area contributed by atoms with Crippen molar-refractivity contribution >= 4 is 33.2 Å². The standard InChI is InChI=1S/C14H11BrN2O/c15-10-4-2-5-11(7-10)17-8-9-3-1-6-12(16)13(9)14(17)18/h1-7H,8,16H2. The number of benzene rings is 2. The van der Waals surface area contributed by atoms with Gasteiger partial charge in [0, 0.05) is 15.8 Å². The zero-order valence-electron chi connectivity index (χ0n) is 9.56. The highest BCUT2D eigenvalue weighted by Crippen LogP contribution is 2.32. The minimum absolute atomic E-state index is 0.0267. The molecule has 0 saturated carbocycles. The average Bonchev–Trinajstić information content (AvgIpc) is 2.68. The fraction of sp³-hybridized carbons (Fsp3) is 0.0714. The number of fused-ring (bicyclic) bond motifs is 1. The van der Waals surface area contributed by atoms with Gasteiger partial charge in [0.25, 0.3) is 5.91 Å². The summed E-state index contributed by atoms with van der Waals surface area (Å²) in [6.07, 6.45) is 0. The van der Waals surface area contributed by atoms with Crippen LogP contribution in [0.25, 0.3) is 0 Å². The largest absolute Gasteiger partial charge is 0.398 e. The Labute approximate surface area is 113 Å². The average molecular weight is 303 g/mol. The second kappa shape index (κ2) is 4.14. The van der Waals surface area contributed by atoms with Crippen molar-refractivity contribution in [3.63, 3.8) is 0 Å². The second-order valence-electron chi connectivity index (χ2n) is 4.25. The fourth-order valence-corrected chi connectivity index (χ4v) is 2.63. The maximum atomic E-state index is 12.4. The molecule has 1 amide bonds.